The minimum absolute atomic E-state index is 0.870. The van der Waals surface area contributed by atoms with Crippen molar-refractivity contribution < 1.29 is 0 Å². The Bertz CT molecular complexity index is 613. The van der Waals surface area contributed by atoms with Crippen molar-refractivity contribution in [3.8, 4) is 0 Å². The molecule has 0 saturated heterocycles. The van der Waals surface area contributed by atoms with Crippen LogP contribution in [0.3, 0.4) is 0 Å². The van der Waals surface area contributed by atoms with E-state index >= 15 is 0 Å². The van der Waals surface area contributed by atoms with E-state index in [2.05, 4.69) is 45.2 Å². The summed E-state index contributed by atoms with van der Waals surface area (Å²) in [6, 6.07) is 8.63. The molecule has 1 aliphatic heterocycles. The summed E-state index contributed by atoms with van der Waals surface area (Å²) in [6.07, 6.45) is 0. The lowest BCUT2D eigenvalue weighted by Gasteiger charge is -2.14. The second-order valence-corrected chi connectivity index (χ2v) is 5.57. The molecule has 1 aromatic heterocycles. The minimum atomic E-state index is 0.870. The molecule has 0 fully saturated rings. The Morgan fingerprint density at radius 2 is 2.29 bits per heavy atom. The van der Waals surface area contributed by atoms with Crippen molar-refractivity contribution in [2.75, 3.05) is 12.8 Å². The van der Waals surface area contributed by atoms with Gasteiger partial charge in [-0.05, 0) is 34.5 Å². The maximum atomic E-state index is 4.36. The van der Waals surface area contributed by atoms with Gasteiger partial charge in [0.1, 0.15) is 0 Å². The molecule has 1 aliphatic rings. The zero-order valence-electron chi connectivity index (χ0n) is 9.30. The number of nitrogens with one attached hydrogen (secondary N) is 1. The molecule has 2 aromatic rings. The highest BCUT2D eigenvalue weighted by Crippen LogP contribution is 2.23. The highest BCUT2D eigenvalue weighted by molar-refractivity contribution is 8.14. The van der Waals surface area contributed by atoms with Gasteiger partial charge in [0.2, 0.25) is 0 Å². The van der Waals surface area contributed by atoms with Gasteiger partial charge in [0.25, 0.3) is 0 Å². The number of hydrogen-bond acceptors (Lipinski definition) is 4. The normalized spacial score (nSPS) is 18.2. The van der Waals surface area contributed by atoms with Gasteiger partial charge in [-0.1, -0.05) is 17.8 Å². The largest absolute Gasteiger partial charge is 0.265 e. The number of thiophene rings is 1. The van der Waals surface area contributed by atoms with Crippen molar-refractivity contribution in [1.82, 2.24) is 5.43 Å². The smallest absolute Gasteiger partial charge is 0.177 e. The van der Waals surface area contributed by atoms with Crippen LogP contribution < -0.4 is 5.43 Å². The van der Waals surface area contributed by atoms with Gasteiger partial charge in [0.05, 0.1) is 5.71 Å². The monoisotopic (exact) mass is 261 g/mol. The van der Waals surface area contributed by atoms with Gasteiger partial charge >= 0.3 is 0 Å². The SMILES string of the molecule is CN=C1NN=C(c2ccc3sccc3c2)CS1. The van der Waals surface area contributed by atoms with E-state index in [-0.39, 0.29) is 0 Å². The number of benzene rings is 1. The molecule has 5 heteroatoms. The third-order valence-electron chi connectivity index (χ3n) is 2.62. The van der Waals surface area contributed by atoms with Crippen LogP contribution in [-0.4, -0.2) is 23.7 Å². The Hall–Kier alpha value is -1.33. The molecule has 3 rings (SSSR count). The Kier molecular flexibility index (Phi) is 2.86. The molecule has 1 N–H and O–H groups in total. The molecule has 0 unspecified atom stereocenters. The molecule has 17 heavy (non-hydrogen) atoms. The van der Waals surface area contributed by atoms with Crippen LogP contribution in [0.4, 0.5) is 0 Å². The van der Waals surface area contributed by atoms with Crippen molar-refractivity contribution in [3.05, 3.63) is 35.2 Å². The van der Waals surface area contributed by atoms with Crippen molar-refractivity contribution in [2.24, 2.45) is 10.1 Å². The van der Waals surface area contributed by atoms with Gasteiger partial charge in [0.15, 0.2) is 5.17 Å². The molecule has 2 heterocycles. The van der Waals surface area contributed by atoms with E-state index in [9.17, 15) is 0 Å². The molecule has 0 amide bonds. The first-order chi connectivity index (χ1) is 8.36. The number of nitrogens with zero attached hydrogens (tertiary/aromatic N) is 2. The highest BCUT2D eigenvalue weighted by Gasteiger charge is 2.12. The van der Waals surface area contributed by atoms with Crippen molar-refractivity contribution in [3.63, 3.8) is 0 Å². The number of fused-ring (bicyclic) bond motifs is 1. The van der Waals surface area contributed by atoms with Crippen LogP contribution in [0.1, 0.15) is 5.56 Å². The van der Waals surface area contributed by atoms with E-state index in [0.717, 1.165) is 16.6 Å². The summed E-state index contributed by atoms with van der Waals surface area (Å²) < 4.78 is 1.32. The summed E-state index contributed by atoms with van der Waals surface area (Å²) >= 11 is 3.45. The van der Waals surface area contributed by atoms with Crippen LogP contribution in [-0.2, 0) is 0 Å². The fourth-order valence-electron chi connectivity index (χ4n) is 1.73. The predicted octanol–water partition coefficient (Wildman–Crippen LogP) is 2.93. The van der Waals surface area contributed by atoms with Gasteiger partial charge in [-0.25, -0.2) is 0 Å². The van der Waals surface area contributed by atoms with Crippen LogP contribution in [0.25, 0.3) is 10.1 Å². The average molecular weight is 261 g/mol. The number of thioether (sulfide) groups is 1. The van der Waals surface area contributed by atoms with E-state index in [1.165, 1.54) is 15.6 Å². The lowest BCUT2D eigenvalue weighted by molar-refractivity contribution is 1.03. The van der Waals surface area contributed by atoms with Gasteiger partial charge in [0, 0.05) is 17.5 Å². The van der Waals surface area contributed by atoms with E-state index in [1.54, 1.807) is 30.1 Å². The predicted molar refractivity (Wildman–Crippen MR) is 77.3 cm³/mol. The maximum absolute atomic E-state index is 4.36. The Labute approximate surface area is 108 Å². The van der Waals surface area contributed by atoms with E-state index in [1.807, 2.05) is 0 Å². The second-order valence-electron chi connectivity index (χ2n) is 3.66. The zero-order valence-corrected chi connectivity index (χ0v) is 10.9. The van der Waals surface area contributed by atoms with Gasteiger partial charge < -0.3 is 0 Å². The topological polar surface area (TPSA) is 36.8 Å². The third kappa shape index (κ3) is 2.08. The van der Waals surface area contributed by atoms with Crippen LogP contribution in [0.15, 0.2) is 39.7 Å². The molecular formula is C12H11N3S2. The zero-order chi connectivity index (χ0) is 11.7. The quantitative estimate of drug-likeness (QED) is 0.857. The molecule has 1 aromatic carbocycles. The van der Waals surface area contributed by atoms with Crippen molar-refractivity contribution in [1.29, 1.82) is 0 Å². The van der Waals surface area contributed by atoms with E-state index in [0.29, 0.717) is 0 Å². The van der Waals surface area contributed by atoms with Gasteiger partial charge in [-0.2, -0.15) is 5.10 Å². The molecule has 0 spiro atoms. The summed E-state index contributed by atoms with van der Waals surface area (Å²) in [5.74, 6) is 0.870. The first-order valence-corrected chi connectivity index (χ1v) is 7.13. The summed E-state index contributed by atoms with van der Waals surface area (Å²) in [7, 11) is 1.77. The number of hydrogen-bond donors (Lipinski definition) is 1. The van der Waals surface area contributed by atoms with Gasteiger partial charge in [-0.15, -0.1) is 11.3 Å². The molecule has 86 valence electrons. The summed E-state index contributed by atoms with van der Waals surface area (Å²) in [4.78, 5) is 4.08. The van der Waals surface area contributed by atoms with Crippen LogP contribution in [0, 0.1) is 0 Å². The Morgan fingerprint density at radius 1 is 1.35 bits per heavy atom. The highest BCUT2D eigenvalue weighted by atomic mass is 32.2. The molecule has 0 radical (unpaired) electrons. The standard InChI is InChI=1S/C12H11N3S2/c1-13-12-15-14-10(7-17-12)8-2-3-11-9(6-8)4-5-16-11/h2-6H,7H2,1H3,(H,13,15). The average Bonchev–Trinajstić information content (AvgIpc) is 2.86. The molecule has 3 nitrogen and oxygen atoms in total. The van der Waals surface area contributed by atoms with Crippen molar-refractivity contribution in [2.45, 2.75) is 0 Å². The lowest BCUT2D eigenvalue weighted by atomic mass is 10.1. The number of hydrazone groups is 1. The summed E-state index contributed by atoms with van der Waals surface area (Å²) in [5.41, 5.74) is 5.23. The number of aliphatic imine (C=N–C) groups is 1. The van der Waals surface area contributed by atoms with E-state index in [4.69, 9.17) is 0 Å². The van der Waals surface area contributed by atoms with E-state index < -0.39 is 0 Å². The first-order valence-electron chi connectivity index (χ1n) is 5.26. The Morgan fingerprint density at radius 3 is 3.06 bits per heavy atom. The van der Waals surface area contributed by atoms with Crippen LogP contribution >= 0.6 is 23.1 Å². The van der Waals surface area contributed by atoms with Gasteiger partial charge in [-0.3, -0.25) is 10.4 Å². The van der Waals surface area contributed by atoms with Crippen LogP contribution in [0.2, 0.25) is 0 Å². The first kappa shape index (κ1) is 10.8. The fraction of sp³-hybridized carbons (Fsp3) is 0.167. The lowest BCUT2D eigenvalue weighted by Crippen LogP contribution is -2.25. The molecular weight excluding hydrogens is 250 g/mol. The minimum Gasteiger partial charge on any atom is -0.265 e. The fourth-order valence-corrected chi connectivity index (χ4v) is 3.24. The Balaban J connectivity index is 1.96. The summed E-state index contributed by atoms with van der Waals surface area (Å²) in [6.45, 7) is 0. The number of amidine groups is 1. The van der Waals surface area contributed by atoms with Crippen molar-refractivity contribution >= 4 is 44.1 Å². The molecule has 0 atom stereocenters. The van der Waals surface area contributed by atoms with Crippen LogP contribution in [0.5, 0.6) is 0 Å². The molecule has 0 saturated carbocycles. The third-order valence-corrected chi connectivity index (χ3v) is 4.48. The summed E-state index contributed by atoms with van der Waals surface area (Å²) in [5, 5.41) is 8.65. The second kappa shape index (κ2) is 4.50. The molecule has 0 aliphatic carbocycles. The maximum Gasteiger partial charge on any atom is 0.177 e. The number of rotatable bonds is 1. The molecule has 0 bridgehead atoms.